The van der Waals surface area contributed by atoms with E-state index in [1.54, 1.807) is 41.2 Å². The molecule has 2 fully saturated rings. The molecule has 0 atom stereocenters. The average Bonchev–Trinajstić information content (AvgIpc) is 2.74. The molecule has 8 heteroatoms. The molecule has 0 aliphatic carbocycles. The Morgan fingerprint density at radius 1 is 1.04 bits per heavy atom. The Labute approximate surface area is 159 Å². The number of amides is 3. The minimum atomic E-state index is -0.313. The molecule has 1 aromatic heterocycles. The smallest absolute Gasteiger partial charge is 0.409 e. The minimum Gasteiger partial charge on any atom is -0.450 e. The van der Waals surface area contributed by atoms with Gasteiger partial charge >= 0.3 is 6.09 Å². The zero-order valence-corrected chi connectivity index (χ0v) is 15.7. The van der Waals surface area contributed by atoms with E-state index >= 15 is 0 Å². The SMILES string of the molecule is CCOC(=O)N1CCN(C(=O)C2CCN(C(=O)c3cccnc3)CC2)CC1. The summed E-state index contributed by atoms with van der Waals surface area (Å²) in [5.41, 5.74) is 0.581. The van der Waals surface area contributed by atoms with E-state index in [-0.39, 0.29) is 23.8 Å². The second-order valence-corrected chi connectivity index (χ2v) is 6.82. The molecule has 0 saturated carbocycles. The fourth-order valence-corrected chi connectivity index (χ4v) is 3.58. The fraction of sp³-hybridized carbons (Fsp3) is 0.579. The molecule has 2 aliphatic rings. The van der Waals surface area contributed by atoms with Crippen LogP contribution in [0.15, 0.2) is 24.5 Å². The highest BCUT2D eigenvalue weighted by Crippen LogP contribution is 2.22. The number of hydrogen-bond acceptors (Lipinski definition) is 5. The van der Waals surface area contributed by atoms with Gasteiger partial charge in [-0.1, -0.05) is 0 Å². The van der Waals surface area contributed by atoms with Crippen LogP contribution in [-0.2, 0) is 9.53 Å². The van der Waals surface area contributed by atoms with E-state index in [2.05, 4.69) is 4.98 Å². The summed E-state index contributed by atoms with van der Waals surface area (Å²) >= 11 is 0. The van der Waals surface area contributed by atoms with Gasteiger partial charge in [0.1, 0.15) is 0 Å². The van der Waals surface area contributed by atoms with Crippen molar-refractivity contribution in [1.29, 1.82) is 0 Å². The van der Waals surface area contributed by atoms with Crippen molar-refractivity contribution >= 4 is 17.9 Å². The van der Waals surface area contributed by atoms with Crippen LogP contribution in [0.5, 0.6) is 0 Å². The van der Waals surface area contributed by atoms with Crippen molar-refractivity contribution in [2.45, 2.75) is 19.8 Å². The van der Waals surface area contributed by atoms with Gasteiger partial charge in [0.25, 0.3) is 5.91 Å². The molecule has 0 aromatic carbocycles. The molecule has 0 N–H and O–H groups in total. The van der Waals surface area contributed by atoms with Crippen LogP contribution in [0.25, 0.3) is 0 Å². The Bertz CT molecular complexity index is 666. The van der Waals surface area contributed by atoms with Crippen LogP contribution in [0, 0.1) is 5.92 Å². The summed E-state index contributed by atoms with van der Waals surface area (Å²) in [5, 5.41) is 0. The molecule has 2 aliphatic heterocycles. The molecule has 0 radical (unpaired) electrons. The molecule has 146 valence electrons. The predicted molar refractivity (Wildman–Crippen MR) is 98.0 cm³/mol. The van der Waals surface area contributed by atoms with Gasteiger partial charge in [0.15, 0.2) is 0 Å². The van der Waals surface area contributed by atoms with E-state index in [0.717, 1.165) is 0 Å². The van der Waals surface area contributed by atoms with Gasteiger partial charge in [-0.15, -0.1) is 0 Å². The van der Waals surface area contributed by atoms with Gasteiger partial charge in [0, 0.05) is 57.6 Å². The zero-order chi connectivity index (χ0) is 19.2. The summed E-state index contributed by atoms with van der Waals surface area (Å²) in [6, 6.07) is 3.51. The maximum atomic E-state index is 12.8. The minimum absolute atomic E-state index is 0.0305. The number of pyridine rings is 1. The summed E-state index contributed by atoms with van der Waals surface area (Å²) in [7, 11) is 0. The zero-order valence-electron chi connectivity index (χ0n) is 15.7. The molecule has 0 bridgehead atoms. The molecule has 8 nitrogen and oxygen atoms in total. The average molecular weight is 374 g/mol. The van der Waals surface area contributed by atoms with Crippen molar-refractivity contribution in [2.75, 3.05) is 45.9 Å². The highest BCUT2D eigenvalue weighted by Gasteiger charge is 2.32. The number of likely N-dealkylation sites (tertiary alicyclic amines) is 1. The second-order valence-electron chi connectivity index (χ2n) is 6.82. The van der Waals surface area contributed by atoms with Gasteiger partial charge in [-0.05, 0) is 31.9 Å². The number of ether oxygens (including phenoxy) is 1. The Balaban J connectivity index is 1.46. The third-order valence-electron chi connectivity index (χ3n) is 5.16. The molecular formula is C19H26N4O4. The van der Waals surface area contributed by atoms with Crippen LogP contribution < -0.4 is 0 Å². The molecule has 2 saturated heterocycles. The maximum Gasteiger partial charge on any atom is 0.409 e. The van der Waals surface area contributed by atoms with Crippen LogP contribution in [0.3, 0.4) is 0 Å². The topological polar surface area (TPSA) is 83.0 Å². The van der Waals surface area contributed by atoms with Gasteiger partial charge in [0.2, 0.25) is 5.91 Å². The molecule has 3 rings (SSSR count). The van der Waals surface area contributed by atoms with Crippen LogP contribution in [0.4, 0.5) is 4.79 Å². The number of aromatic nitrogens is 1. The number of piperazine rings is 1. The number of rotatable bonds is 3. The van der Waals surface area contributed by atoms with Gasteiger partial charge in [-0.25, -0.2) is 4.79 Å². The predicted octanol–water partition coefficient (Wildman–Crippen LogP) is 1.23. The number of carbonyl (C=O) groups excluding carboxylic acids is 3. The molecule has 27 heavy (non-hydrogen) atoms. The van der Waals surface area contributed by atoms with E-state index in [1.165, 1.54) is 0 Å². The Morgan fingerprint density at radius 3 is 2.30 bits per heavy atom. The number of nitrogens with zero attached hydrogens (tertiary/aromatic N) is 4. The first-order valence-corrected chi connectivity index (χ1v) is 9.50. The molecule has 0 unspecified atom stereocenters. The monoisotopic (exact) mass is 374 g/mol. The van der Waals surface area contributed by atoms with E-state index < -0.39 is 0 Å². The highest BCUT2D eigenvalue weighted by molar-refractivity contribution is 5.94. The summed E-state index contributed by atoms with van der Waals surface area (Å²) in [5.74, 6) is 0.0427. The van der Waals surface area contributed by atoms with Crippen molar-refractivity contribution in [3.63, 3.8) is 0 Å². The Kier molecular flexibility index (Phi) is 6.26. The van der Waals surface area contributed by atoms with Crippen molar-refractivity contribution in [1.82, 2.24) is 19.7 Å². The number of hydrogen-bond donors (Lipinski definition) is 0. The molecule has 3 heterocycles. The first-order chi connectivity index (χ1) is 13.1. The third-order valence-corrected chi connectivity index (χ3v) is 5.16. The van der Waals surface area contributed by atoms with Gasteiger partial charge < -0.3 is 19.4 Å². The van der Waals surface area contributed by atoms with Gasteiger partial charge in [0.05, 0.1) is 12.2 Å². The summed E-state index contributed by atoms with van der Waals surface area (Å²) < 4.78 is 5.01. The molecular weight excluding hydrogens is 348 g/mol. The summed E-state index contributed by atoms with van der Waals surface area (Å²) in [4.78, 5) is 46.3. The standard InChI is InChI=1S/C19H26N4O4/c1-2-27-19(26)23-12-10-22(11-13-23)17(24)15-5-8-21(9-6-15)18(25)16-4-3-7-20-14-16/h3-4,7,14-15H,2,5-6,8-13H2,1H3. The van der Waals surface area contributed by atoms with Crippen molar-refractivity contribution in [2.24, 2.45) is 5.92 Å². The normalized spacial score (nSPS) is 18.3. The van der Waals surface area contributed by atoms with Crippen molar-refractivity contribution in [3.8, 4) is 0 Å². The largest absolute Gasteiger partial charge is 0.450 e. The number of carbonyl (C=O) groups is 3. The van der Waals surface area contributed by atoms with Crippen LogP contribution >= 0.6 is 0 Å². The third kappa shape index (κ3) is 4.56. The maximum absolute atomic E-state index is 12.8. The first-order valence-electron chi connectivity index (χ1n) is 9.50. The van der Waals surface area contributed by atoms with E-state index in [1.807, 2.05) is 4.90 Å². The lowest BCUT2D eigenvalue weighted by Gasteiger charge is -2.38. The second kappa shape index (κ2) is 8.83. The summed E-state index contributed by atoms with van der Waals surface area (Å²) in [6.07, 6.45) is 4.24. The molecule has 3 amide bonds. The number of piperidine rings is 1. The lowest BCUT2D eigenvalue weighted by molar-refractivity contribution is -0.138. The van der Waals surface area contributed by atoms with Gasteiger partial charge in [-0.2, -0.15) is 0 Å². The van der Waals surface area contributed by atoms with Crippen molar-refractivity contribution in [3.05, 3.63) is 30.1 Å². The van der Waals surface area contributed by atoms with E-state index in [4.69, 9.17) is 4.74 Å². The quantitative estimate of drug-likeness (QED) is 0.795. The van der Waals surface area contributed by atoms with Crippen LogP contribution in [-0.4, -0.2) is 83.5 Å². The summed E-state index contributed by atoms with van der Waals surface area (Å²) in [6.45, 7) is 5.36. The van der Waals surface area contributed by atoms with Crippen LogP contribution in [0.1, 0.15) is 30.1 Å². The molecule has 0 spiro atoms. The van der Waals surface area contributed by atoms with Crippen molar-refractivity contribution < 1.29 is 19.1 Å². The Hall–Kier alpha value is -2.64. The lowest BCUT2D eigenvalue weighted by Crippen LogP contribution is -2.53. The fourth-order valence-electron chi connectivity index (χ4n) is 3.58. The van der Waals surface area contributed by atoms with E-state index in [9.17, 15) is 14.4 Å². The van der Waals surface area contributed by atoms with Gasteiger partial charge in [-0.3, -0.25) is 14.6 Å². The van der Waals surface area contributed by atoms with Crippen LogP contribution in [0.2, 0.25) is 0 Å². The Morgan fingerprint density at radius 2 is 1.70 bits per heavy atom. The first kappa shape index (κ1) is 19.1. The lowest BCUT2D eigenvalue weighted by atomic mass is 9.94. The van der Waals surface area contributed by atoms with E-state index in [0.29, 0.717) is 64.3 Å². The molecule has 1 aromatic rings. The highest BCUT2D eigenvalue weighted by atomic mass is 16.6.